The number of carbonyl (C=O) groups is 1. The van der Waals surface area contributed by atoms with Crippen LogP contribution in [0, 0.1) is 0 Å². The van der Waals surface area contributed by atoms with Crippen molar-refractivity contribution in [3.05, 3.63) is 71.4 Å². The highest BCUT2D eigenvalue weighted by molar-refractivity contribution is 5.88. The lowest BCUT2D eigenvalue weighted by atomic mass is 9.98. The van der Waals surface area contributed by atoms with Gasteiger partial charge in [-0.3, -0.25) is 9.69 Å². The standard InChI is InChI=1S/C23H27N3O/c1-2-20(26-12-11-17-7-3-4-8-18(17)16-26)15-25-23(27)13-19-14-24-22-10-6-5-9-21(19)22/h3-10,14,20,24H,2,11-13,15-16H2,1H3,(H,25,27)/t20-/m1/s1. The van der Waals surface area contributed by atoms with E-state index in [1.54, 1.807) is 0 Å². The van der Waals surface area contributed by atoms with E-state index in [9.17, 15) is 4.79 Å². The molecule has 0 unspecified atom stereocenters. The molecule has 4 heteroatoms. The summed E-state index contributed by atoms with van der Waals surface area (Å²) < 4.78 is 0. The van der Waals surface area contributed by atoms with E-state index in [4.69, 9.17) is 0 Å². The molecule has 1 aliphatic rings. The summed E-state index contributed by atoms with van der Waals surface area (Å²) in [5.41, 5.74) is 5.03. The van der Waals surface area contributed by atoms with Gasteiger partial charge in [0.1, 0.15) is 0 Å². The Labute approximate surface area is 160 Å². The number of H-pyrrole nitrogens is 1. The molecule has 0 aliphatic carbocycles. The maximum Gasteiger partial charge on any atom is 0.224 e. The minimum absolute atomic E-state index is 0.0932. The van der Waals surface area contributed by atoms with Crippen molar-refractivity contribution in [2.75, 3.05) is 13.1 Å². The first-order valence-corrected chi connectivity index (χ1v) is 9.87. The minimum Gasteiger partial charge on any atom is -0.361 e. The number of para-hydroxylation sites is 1. The van der Waals surface area contributed by atoms with Crippen molar-refractivity contribution < 1.29 is 4.79 Å². The first kappa shape index (κ1) is 17.8. The Morgan fingerprint density at radius 3 is 2.78 bits per heavy atom. The van der Waals surface area contributed by atoms with Gasteiger partial charge in [0.15, 0.2) is 0 Å². The van der Waals surface area contributed by atoms with E-state index in [1.807, 2.05) is 24.4 Å². The topological polar surface area (TPSA) is 48.1 Å². The van der Waals surface area contributed by atoms with Gasteiger partial charge in [0, 0.05) is 42.8 Å². The molecule has 2 N–H and O–H groups in total. The summed E-state index contributed by atoms with van der Waals surface area (Å²) in [4.78, 5) is 18.3. The smallest absolute Gasteiger partial charge is 0.224 e. The SMILES string of the molecule is CC[C@H](CNC(=O)Cc1c[nH]c2ccccc12)N1CCc2ccccc2C1. The lowest BCUT2D eigenvalue weighted by Gasteiger charge is -2.35. The molecule has 2 aromatic carbocycles. The molecule has 3 aromatic rings. The van der Waals surface area contributed by atoms with Crippen LogP contribution >= 0.6 is 0 Å². The van der Waals surface area contributed by atoms with Gasteiger partial charge in [0.05, 0.1) is 6.42 Å². The van der Waals surface area contributed by atoms with E-state index in [0.29, 0.717) is 19.0 Å². The van der Waals surface area contributed by atoms with Gasteiger partial charge in [-0.15, -0.1) is 0 Å². The molecule has 27 heavy (non-hydrogen) atoms. The fourth-order valence-corrected chi connectivity index (χ4v) is 4.11. The number of carbonyl (C=O) groups excluding carboxylic acids is 1. The summed E-state index contributed by atoms with van der Waals surface area (Å²) in [6.45, 7) is 4.96. The number of fused-ring (bicyclic) bond motifs is 2. The van der Waals surface area contributed by atoms with E-state index >= 15 is 0 Å². The van der Waals surface area contributed by atoms with Crippen molar-refractivity contribution in [2.24, 2.45) is 0 Å². The number of benzene rings is 2. The van der Waals surface area contributed by atoms with Crippen LogP contribution < -0.4 is 5.32 Å². The zero-order valence-electron chi connectivity index (χ0n) is 15.9. The molecule has 4 nitrogen and oxygen atoms in total. The highest BCUT2D eigenvalue weighted by Gasteiger charge is 2.22. The molecule has 0 fully saturated rings. The average molecular weight is 361 g/mol. The molecule has 1 atom stereocenters. The number of hydrogen-bond acceptors (Lipinski definition) is 2. The average Bonchev–Trinajstić information content (AvgIpc) is 3.11. The van der Waals surface area contributed by atoms with Crippen LogP contribution in [0.3, 0.4) is 0 Å². The van der Waals surface area contributed by atoms with E-state index in [-0.39, 0.29) is 5.91 Å². The normalized spacial score (nSPS) is 15.4. The number of nitrogens with zero attached hydrogens (tertiary/aromatic N) is 1. The van der Waals surface area contributed by atoms with Gasteiger partial charge in [-0.1, -0.05) is 49.4 Å². The number of hydrogen-bond donors (Lipinski definition) is 2. The first-order chi connectivity index (χ1) is 13.2. The number of rotatable bonds is 6. The molecular formula is C23H27N3O. The summed E-state index contributed by atoms with van der Waals surface area (Å²) in [6.07, 6.45) is 4.50. The molecule has 0 saturated carbocycles. The van der Waals surface area contributed by atoms with E-state index in [0.717, 1.165) is 42.4 Å². The summed E-state index contributed by atoms with van der Waals surface area (Å²) in [6, 6.07) is 17.2. The third-order valence-corrected chi connectivity index (χ3v) is 5.71. The summed E-state index contributed by atoms with van der Waals surface area (Å²) in [7, 11) is 0. The molecule has 1 aliphatic heterocycles. The van der Waals surface area contributed by atoms with Crippen LogP contribution in [0.25, 0.3) is 10.9 Å². The van der Waals surface area contributed by atoms with E-state index in [2.05, 4.69) is 52.5 Å². The van der Waals surface area contributed by atoms with Gasteiger partial charge in [-0.05, 0) is 35.6 Å². The van der Waals surface area contributed by atoms with Crippen LogP contribution in [0.2, 0.25) is 0 Å². The maximum atomic E-state index is 12.5. The molecule has 0 radical (unpaired) electrons. The fourth-order valence-electron chi connectivity index (χ4n) is 4.11. The maximum absolute atomic E-state index is 12.5. The van der Waals surface area contributed by atoms with Crippen LogP contribution in [0.4, 0.5) is 0 Å². The van der Waals surface area contributed by atoms with E-state index < -0.39 is 0 Å². The quantitative estimate of drug-likeness (QED) is 0.704. The number of nitrogens with one attached hydrogen (secondary N) is 2. The number of aromatic amines is 1. The fraction of sp³-hybridized carbons (Fsp3) is 0.348. The molecule has 0 bridgehead atoms. The Morgan fingerprint density at radius 2 is 1.93 bits per heavy atom. The van der Waals surface area contributed by atoms with Crippen molar-refractivity contribution in [3.63, 3.8) is 0 Å². The van der Waals surface area contributed by atoms with Crippen molar-refractivity contribution in [1.29, 1.82) is 0 Å². The zero-order chi connectivity index (χ0) is 18.6. The highest BCUT2D eigenvalue weighted by Crippen LogP contribution is 2.21. The Kier molecular flexibility index (Phi) is 5.26. The zero-order valence-corrected chi connectivity index (χ0v) is 15.9. The van der Waals surface area contributed by atoms with E-state index in [1.165, 1.54) is 11.1 Å². The second kappa shape index (κ2) is 7.97. The Bertz CT molecular complexity index is 930. The molecule has 140 valence electrons. The Morgan fingerprint density at radius 1 is 1.15 bits per heavy atom. The molecule has 4 rings (SSSR count). The van der Waals surface area contributed by atoms with Gasteiger partial charge < -0.3 is 10.3 Å². The molecule has 1 amide bonds. The minimum atomic E-state index is 0.0932. The van der Waals surface area contributed by atoms with Gasteiger partial charge in [-0.2, -0.15) is 0 Å². The Balaban J connectivity index is 1.35. The van der Waals surface area contributed by atoms with Crippen LogP contribution in [0.1, 0.15) is 30.0 Å². The highest BCUT2D eigenvalue weighted by atomic mass is 16.1. The van der Waals surface area contributed by atoms with Crippen molar-refractivity contribution >= 4 is 16.8 Å². The van der Waals surface area contributed by atoms with Crippen molar-refractivity contribution in [1.82, 2.24) is 15.2 Å². The van der Waals surface area contributed by atoms with Gasteiger partial charge in [0.2, 0.25) is 5.91 Å². The van der Waals surface area contributed by atoms with Crippen molar-refractivity contribution in [3.8, 4) is 0 Å². The third-order valence-electron chi connectivity index (χ3n) is 5.71. The first-order valence-electron chi connectivity index (χ1n) is 9.87. The predicted octanol–water partition coefficient (Wildman–Crippen LogP) is 3.66. The molecule has 1 aromatic heterocycles. The number of amides is 1. The Hall–Kier alpha value is -2.59. The van der Waals surface area contributed by atoms with Gasteiger partial charge in [0.25, 0.3) is 0 Å². The second-order valence-electron chi connectivity index (χ2n) is 7.39. The number of aromatic nitrogens is 1. The van der Waals surface area contributed by atoms with Crippen LogP contribution in [-0.2, 0) is 24.2 Å². The lowest BCUT2D eigenvalue weighted by Crippen LogP contribution is -2.46. The molecular weight excluding hydrogens is 334 g/mol. The molecule has 2 heterocycles. The molecule has 0 saturated heterocycles. The lowest BCUT2D eigenvalue weighted by molar-refractivity contribution is -0.120. The largest absolute Gasteiger partial charge is 0.361 e. The van der Waals surface area contributed by atoms with Crippen LogP contribution in [0.5, 0.6) is 0 Å². The van der Waals surface area contributed by atoms with Gasteiger partial charge >= 0.3 is 0 Å². The third kappa shape index (κ3) is 3.91. The predicted molar refractivity (Wildman–Crippen MR) is 110 cm³/mol. The van der Waals surface area contributed by atoms with Crippen LogP contribution in [0.15, 0.2) is 54.7 Å². The van der Waals surface area contributed by atoms with Crippen LogP contribution in [-0.4, -0.2) is 34.9 Å². The van der Waals surface area contributed by atoms with Crippen molar-refractivity contribution in [2.45, 2.75) is 38.8 Å². The summed E-state index contributed by atoms with van der Waals surface area (Å²) in [5, 5.41) is 4.30. The summed E-state index contributed by atoms with van der Waals surface area (Å²) >= 11 is 0. The summed E-state index contributed by atoms with van der Waals surface area (Å²) in [5.74, 6) is 0.0932. The second-order valence-corrected chi connectivity index (χ2v) is 7.39. The monoisotopic (exact) mass is 361 g/mol. The molecule has 0 spiro atoms. The van der Waals surface area contributed by atoms with Gasteiger partial charge in [-0.25, -0.2) is 0 Å².